The molecular formula is C16H13ClFNO2. The number of Topliss-reactive ketones (excluding diaryl/α,β-unsaturated/α-hetero) is 1. The molecule has 0 fully saturated rings. The van der Waals surface area contributed by atoms with Gasteiger partial charge in [0, 0.05) is 11.4 Å². The molecule has 0 spiro atoms. The minimum absolute atomic E-state index is 0.0164. The van der Waals surface area contributed by atoms with Crippen LogP contribution in [0.15, 0.2) is 42.5 Å². The summed E-state index contributed by atoms with van der Waals surface area (Å²) in [4.78, 5) is 12.2. The van der Waals surface area contributed by atoms with Crippen LogP contribution in [-0.4, -0.2) is 18.4 Å². The van der Waals surface area contributed by atoms with Gasteiger partial charge in [0.25, 0.3) is 0 Å². The number of benzene rings is 2. The van der Waals surface area contributed by atoms with E-state index in [1.807, 2.05) is 18.2 Å². The number of nitrogens with one attached hydrogen (secondary N) is 1. The van der Waals surface area contributed by atoms with Crippen molar-refractivity contribution in [3.8, 4) is 5.75 Å². The maximum atomic E-state index is 13.7. The SMILES string of the molecule is O=C(Cc1ccc(Cl)cc1F)C1CNc2ccccc2O1. The van der Waals surface area contributed by atoms with Crippen LogP contribution in [0.1, 0.15) is 5.56 Å². The van der Waals surface area contributed by atoms with Gasteiger partial charge in [-0.1, -0.05) is 29.8 Å². The summed E-state index contributed by atoms with van der Waals surface area (Å²) in [5.41, 5.74) is 1.19. The lowest BCUT2D eigenvalue weighted by Gasteiger charge is -2.26. The van der Waals surface area contributed by atoms with Gasteiger partial charge < -0.3 is 10.1 Å². The highest BCUT2D eigenvalue weighted by Crippen LogP contribution is 2.28. The average Bonchev–Trinajstić information content (AvgIpc) is 2.49. The molecule has 0 radical (unpaired) electrons. The molecule has 2 aromatic rings. The summed E-state index contributed by atoms with van der Waals surface area (Å²) in [6, 6.07) is 11.7. The van der Waals surface area contributed by atoms with Crippen molar-refractivity contribution in [1.29, 1.82) is 0 Å². The second-order valence-corrected chi connectivity index (χ2v) is 5.30. The molecule has 0 saturated heterocycles. The molecule has 0 bridgehead atoms. The highest BCUT2D eigenvalue weighted by molar-refractivity contribution is 6.30. The first-order valence-corrected chi connectivity index (χ1v) is 6.97. The van der Waals surface area contributed by atoms with Crippen LogP contribution in [0.5, 0.6) is 5.75 Å². The van der Waals surface area contributed by atoms with Gasteiger partial charge >= 0.3 is 0 Å². The zero-order valence-corrected chi connectivity index (χ0v) is 11.9. The highest BCUT2D eigenvalue weighted by atomic mass is 35.5. The molecule has 0 aliphatic carbocycles. The minimum Gasteiger partial charge on any atom is -0.479 e. The lowest BCUT2D eigenvalue weighted by atomic mass is 10.0. The number of fused-ring (bicyclic) bond motifs is 1. The molecule has 108 valence electrons. The third-order valence-corrected chi connectivity index (χ3v) is 3.61. The molecule has 0 saturated carbocycles. The first-order chi connectivity index (χ1) is 10.1. The van der Waals surface area contributed by atoms with E-state index in [-0.39, 0.29) is 12.2 Å². The van der Waals surface area contributed by atoms with Crippen LogP contribution >= 0.6 is 11.6 Å². The van der Waals surface area contributed by atoms with Gasteiger partial charge in [0.2, 0.25) is 0 Å². The topological polar surface area (TPSA) is 38.3 Å². The number of hydrogen-bond acceptors (Lipinski definition) is 3. The van der Waals surface area contributed by atoms with Gasteiger partial charge in [0.15, 0.2) is 11.9 Å². The van der Waals surface area contributed by atoms with Gasteiger partial charge in [-0.05, 0) is 29.8 Å². The van der Waals surface area contributed by atoms with Crippen LogP contribution in [0.4, 0.5) is 10.1 Å². The van der Waals surface area contributed by atoms with E-state index in [1.165, 1.54) is 12.1 Å². The quantitative estimate of drug-likeness (QED) is 0.943. The Morgan fingerprint density at radius 1 is 1.33 bits per heavy atom. The number of anilines is 1. The summed E-state index contributed by atoms with van der Waals surface area (Å²) in [6.07, 6.45) is -0.632. The van der Waals surface area contributed by atoms with Crippen molar-refractivity contribution in [2.75, 3.05) is 11.9 Å². The van der Waals surface area contributed by atoms with Gasteiger partial charge in [-0.2, -0.15) is 0 Å². The lowest BCUT2D eigenvalue weighted by Crippen LogP contribution is -2.38. The van der Waals surface area contributed by atoms with Crippen LogP contribution in [0, 0.1) is 5.82 Å². The fourth-order valence-electron chi connectivity index (χ4n) is 2.26. The Morgan fingerprint density at radius 3 is 2.95 bits per heavy atom. The number of ketones is 1. The van der Waals surface area contributed by atoms with E-state index in [9.17, 15) is 9.18 Å². The minimum atomic E-state index is -0.616. The third-order valence-electron chi connectivity index (χ3n) is 3.37. The van der Waals surface area contributed by atoms with E-state index in [0.717, 1.165) is 5.69 Å². The zero-order chi connectivity index (χ0) is 14.8. The maximum Gasteiger partial charge on any atom is 0.179 e. The summed E-state index contributed by atoms with van der Waals surface area (Å²) in [5.74, 6) is -0.00285. The van der Waals surface area contributed by atoms with Gasteiger partial charge in [-0.15, -0.1) is 0 Å². The number of carbonyl (C=O) groups excluding carboxylic acids is 1. The molecule has 1 aliphatic heterocycles. The molecule has 21 heavy (non-hydrogen) atoms. The highest BCUT2D eigenvalue weighted by Gasteiger charge is 2.26. The monoisotopic (exact) mass is 305 g/mol. The Labute approximate surface area is 126 Å². The van der Waals surface area contributed by atoms with Gasteiger partial charge in [0.05, 0.1) is 12.2 Å². The Morgan fingerprint density at radius 2 is 2.14 bits per heavy atom. The molecular weight excluding hydrogens is 293 g/mol. The Kier molecular flexibility index (Phi) is 3.80. The molecule has 1 atom stereocenters. The van der Waals surface area contributed by atoms with Crippen LogP contribution in [0.3, 0.4) is 0 Å². The Balaban J connectivity index is 1.72. The smallest absolute Gasteiger partial charge is 0.179 e. The molecule has 1 heterocycles. The number of ether oxygens (including phenoxy) is 1. The van der Waals surface area contributed by atoms with Crippen molar-refractivity contribution in [2.45, 2.75) is 12.5 Å². The standard InChI is InChI=1S/C16H13ClFNO2/c17-11-6-5-10(12(18)8-11)7-14(20)16-9-19-13-3-1-2-4-15(13)21-16/h1-6,8,16,19H,7,9H2. The molecule has 1 unspecified atom stereocenters. The summed E-state index contributed by atoms with van der Waals surface area (Å²) < 4.78 is 19.4. The fourth-order valence-corrected chi connectivity index (χ4v) is 2.42. The largest absolute Gasteiger partial charge is 0.479 e. The second-order valence-electron chi connectivity index (χ2n) is 4.86. The first-order valence-electron chi connectivity index (χ1n) is 6.59. The van der Waals surface area contributed by atoms with Crippen LogP contribution < -0.4 is 10.1 Å². The first kappa shape index (κ1) is 13.9. The number of carbonyl (C=O) groups is 1. The van der Waals surface area contributed by atoms with Crippen molar-refractivity contribution in [1.82, 2.24) is 0 Å². The molecule has 3 rings (SSSR count). The molecule has 5 heteroatoms. The van der Waals surface area contributed by atoms with E-state index < -0.39 is 11.9 Å². The van der Waals surface area contributed by atoms with E-state index in [0.29, 0.717) is 22.9 Å². The number of hydrogen-bond donors (Lipinski definition) is 1. The van der Waals surface area contributed by atoms with Crippen molar-refractivity contribution in [3.63, 3.8) is 0 Å². The molecule has 3 nitrogen and oxygen atoms in total. The van der Waals surface area contributed by atoms with Crippen LogP contribution in [0.25, 0.3) is 0 Å². The number of para-hydroxylation sites is 2. The molecule has 1 N–H and O–H groups in total. The van der Waals surface area contributed by atoms with Crippen molar-refractivity contribution in [3.05, 3.63) is 58.9 Å². The van der Waals surface area contributed by atoms with Crippen LogP contribution in [-0.2, 0) is 11.2 Å². The maximum absolute atomic E-state index is 13.7. The normalized spacial score (nSPS) is 16.6. The Hall–Kier alpha value is -2.07. The summed E-state index contributed by atoms with van der Waals surface area (Å²) in [6.45, 7) is 0.380. The van der Waals surface area contributed by atoms with E-state index >= 15 is 0 Å². The molecule has 1 aliphatic rings. The average molecular weight is 306 g/mol. The number of halogens is 2. The van der Waals surface area contributed by atoms with Crippen molar-refractivity contribution >= 4 is 23.1 Å². The summed E-state index contributed by atoms with van der Waals surface area (Å²) in [5, 5.41) is 3.46. The van der Waals surface area contributed by atoms with Crippen LogP contribution in [0.2, 0.25) is 5.02 Å². The van der Waals surface area contributed by atoms with Gasteiger partial charge in [0.1, 0.15) is 11.6 Å². The molecule has 0 aromatic heterocycles. The van der Waals surface area contributed by atoms with Gasteiger partial charge in [-0.3, -0.25) is 4.79 Å². The van der Waals surface area contributed by atoms with E-state index in [4.69, 9.17) is 16.3 Å². The summed E-state index contributed by atoms with van der Waals surface area (Å²) >= 11 is 5.70. The second kappa shape index (κ2) is 5.74. The Bertz CT molecular complexity index is 690. The van der Waals surface area contributed by atoms with Crippen molar-refractivity contribution < 1.29 is 13.9 Å². The third kappa shape index (κ3) is 3.00. The van der Waals surface area contributed by atoms with E-state index in [1.54, 1.807) is 12.1 Å². The lowest BCUT2D eigenvalue weighted by molar-refractivity contribution is -0.124. The number of rotatable bonds is 3. The molecule has 2 aromatic carbocycles. The predicted molar refractivity (Wildman–Crippen MR) is 79.5 cm³/mol. The predicted octanol–water partition coefficient (Wildman–Crippen LogP) is 3.46. The zero-order valence-electron chi connectivity index (χ0n) is 11.1. The van der Waals surface area contributed by atoms with Gasteiger partial charge in [-0.25, -0.2) is 4.39 Å². The van der Waals surface area contributed by atoms with Crippen molar-refractivity contribution in [2.24, 2.45) is 0 Å². The molecule has 0 amide bonds. The summed E-state index contributed by atoms with van der Waals surface area (Å²) in [7, 11) is 0. The fraction of sp³-hybridized carbons (Fsp3) is 0.188. The van der Waals surface area contributed by atoms with E-state index in [2.05, 4.69) is 5.32 Å².